The van der Waals surface area contributed by atoms with E-state index in [4.69, 9.17) is 4.42 Å². The van der Waals surface area contributed by atoms with Gasteiger partial charge in [0, 0.05) is 46.0 Å². The number of furan rings is 1. The Balaban J connectivity index is 1.41. The zero-order valence-corrected chi connectivity index (χ0v) is 19.4. The van der Waals surface area contributed by atoms with E-state index in [0.717, 1.165) is 56.2 Å². The zero-order valence-electron chi connectivity index (χ0n) is 19.4. The lowest BCUT2D eigenvalue weighted by atomic mass is 9.97. The number of rotatable bonds is 4. The van der Waals surface area contributed by atoms with Gasteiger partial charge < -0.3 is 9.40 Å². The Labute approximate surface area is 193 Å². The highest BCUT2D eigenvalue weighted by molar-refractivity contribution is 6.15. The number of allylic oxidation sites excluding steroid dienone is 1. The van der Waals surface area contributed by atoms with Crippen molar-refractivity contribution in [3.63, 3.8) is 0 Å². The van der Waals surface area contributed by atoms with Gasteiger partial charge in [-0.3, -0.25) is 4.99 Å². The minimum absolute atomic E-state index is 0.378. The molecule has 0 unspecified atom stereocenters. The summed E-state index contributed by atoms with van der Waals surface area (Å²) in [4.78, 5) is 12.6. The van der Waals surface area contributed by atoms with Gasteiger partial charge >= 0.3 is 0 Å². The van der Waals surface area contributed by atoms with Crippen LogP contribution in [0.5, 0.6) is 0 Å². The summed E-state index contributed by atoms with van der Waals surface area (Å²) in [5, 5.41) is 4.59. The highest BCUT2D eigenvalue weighted by atomic mass is 16.3. The van der Waals surface area contributed by atoms with Gasteiger partial charge in [-0.05, 0) is 52.8 Å². The number of imidazole rings is 1. The van der Waals surface area contributed by atoms with Gasteiger partial charge in [0.15, 0.2) is 0 Å². The van der Waals surface area contributed by atoms with Crippen molar-refractivity contribution in [1.29, 1.82) is 0 Å². The SMILES string of the molecule is CC(C)C1=NC=C(c2ccc3c(c2)oc2c4ccc(-c5cnc(C(C)C)[nH]5)cc4ccc32)C1. The standard InChI is InChI=1S/C29H27N3O/c1-16(2)25-12-21(14-30-25)18-5-9-23-24-10-6-19-11-20(26-15-31-29(32-26)17(3)4)7-8-22(19)28(24)33-27(23)13-18/h5-11,13-17H,12H2,1-4H3,(H,31,32). The molecule has 6 rings (SSSR count). The van der Waals surface area contributed by atoms with E-state index in [-0.39, 0.29) is 0 Å². The molecule has 0 bridgehead atoms. The number of nitrogens with zero attached hydrogens (tertiary/aromatic N) is 2. The predicted octanol–water partition coefficient (Wildman–Crippen LogP) is 8.09. The molecule has 0 saturated heterocycles. The quantitative estimate of drug-likeness (QED) is 0.311. The van der Waals surface area contributed by atoms with Crippen molar-refractivity contribution in [2.75, 3.05) is 0 Å². The van der Waals surface area contributed by atoms with Crippen molar-refractivity contribution in [2.45, 2.75) is 40.0 Å². The number of nitrogens with one attached hydrogen (secondary N) is 1. The Kier molecular flexibility index (Phi) is 4.51. The highest BCUT2D eigenvalue weighted by Crippen LogP contribution is 2.37. The van der Waals surface area contributed by atoms with Gasteiger partial charge in [0.25, 0.3) is 0 Å². The molecular formula is C29H27N3O. The Morgan fingerprint density at radius 1 is 0.848 bits per heavy atom. The molecule has 4 nitrogen and oxygen atoms in total. The number of aromatic nitrogens is 2. The summed E-state index contributed by atoms with van der Waals surface area (Å²) in [6.45, 7) is 8.69. The van der Waals surface area contributed by atoms with Gasteiger partial charge in [-0.15, -0.1) is 0 Å². The van der Waals surface area contributed by atoms with Crippen molar-refractivity contribution in [1.82, 2.24) is 9.97 Å². The lowest BCUT2D eigenvalue weighted by molar-refractivity contribution is 0.672. The maximum absolute atomic E-state index is 6.44. The van der Waals surface area contributed by atoms with E-state index >= 15 is 0 Å². The molecule has 0 fully saturated rings. The molecular weight excluding hydrogens is 406 g/mol. The molecule has 0 atom stereocenters. The molecule has 0 saturated carbocycles. The highest BCUT2D eigenvalue weighted by Gasteiger charge is 2.17. The largest absolute Gasteiger partial charge is 0.455 e. The fourth-order valence-corrected chi connectivity index (χ4v) is 4.68. The second-order valence-corrected chi connectivity index (χ2v) is 9.63. The molecule has 1 aliphatic rings. The van der Waals surface area contributed by atoms with E-state index in [1.807, 2.05) is 12.4 Å². The molecule has 3 aromatic carbocycles. The number of fused-ring (bicyclic) bond motifs is 5. The van der Waals surface area contributed by atoms with Crippen LogP contribution in [0.2, 0.25) is 0 Å². The molecule has 4 heteroatoms. The van der Waals surface area contributed by atoms with Crippen molar-refractivity contribution < 1.29 is 4.42 Å². The molecule has 33 heavy (non-hydrogen) atoms. The van der Waals surface area contributed by atoms with Crippen molar-refractivity contribution in [3.05, 3.63) is 72.3 Å². The predicted molar refractivity (Wildman–Crippen MR) is 138 cm³/mol. The van der Waals surface area contributed by atoms with Crippen LogP contribution in [0.4, 0.5) is 0 Å². The fourth-order valence-electron chi connectivity index (χ4n) is 4.68. The summed E-state index contributed by atoms with van der Waals surface area (Å²) in [5.74, 6) is 1.86. The van der Waals surface area contributed by atoms with Gasteiger partial charge in [-0.25, -0.2) is 4.98 Å². The maximum atomic E-state index is 6.44. The summed E-state index contributed by atoms with van der Waals surface area (Å²) in [6, 6.07) is 17.4. The third-order valence-electron chi connectivity index (χ3n) is 6.70. The second kappa shape index (κ2) is 7.45. The third-order valence-corrected chi connectivity index (χ3v) is 6.70. The summed E-state index contributed by atoms with van der Waals surface area (Å²) >= 11 is 0. The number of hydrogen-bond donors (Lipinski definition) is 1. The topological polar surface area (TPSA) is 54.2 Å². The molecule has 0 spiro atoms. The molecule has 2 aromatic heterocycles. The number of aromatic amines is 1. The van der Waals surface area contributed by atoms with E-state index in [0.29, 0.717) is 11.8 Å². The molecule has 1 aliphatic heterocycles. The van der Waals surface area contributed by atoms with E-state index in [1.165, 1.54) is 16.8 Å². The van der Waals surface area contributed by atoms with Crippen LogP contribution in [0.15, 0.2) is 70.3 Å². The number of aliphatic imine (C=N–C) groups is 1. The smallest absolute Gasteiger partial charge is 0.143 e. The van der Waals surface area contributed by atoms with Crippen LogP contribution in [-0.2, 0) is 0 Å². The van der Waals surface area contributed by atoms with Crippen LogP contribution in [0.3, 0.4) is 0 Å². The number of benzene rings is 3. The summed E-state index contributed by atoms with van der Waals surface area (Å²) < 4.78 is 6.44. The number of hydrogen-bond acceptors (Lipinski definition) is 3. The lowest BCUT2D eigenvalue weighted by Gasteiger charge is -2.06. The molecule has 5 aromatic rings. The summed E-state index contributed by atoms with van der Waals surface area (Å²) in [5.41, 5.74) is 7.74. The normalized spacial score (nSPS) is 14.2. The molecule has 0 aliphatic carbocycles. The first-order valence-electron chi connectivity index (χ1n) is 11.7. The van der Waals surface area contributed by atoms with Gasteiger partial charge in [-0.2, -0.15) is 0 Å². The van der Waals surface area contributed by atoms with Crippen LogP contribution >= 0.6 is 0 Å². The Hall–Kier alpha value is -3.66. The van der Waals surface area contributed by atoms with Gasteiger partial charge in [-0.1, -0.05) is 45.9 Å². The Morgan fingerprint density at radius 3 is 2.39 bits per heavy atom. The second-order valence-electron chi connectivity index (χ2n) is 9.63. The molecule has 0 amide bonds. The van der Waals surface area contributed by atoms with Crippen LogP contribution < -0.4 is 0 Å². The molecule has 0 radical (unpaired) electrons. The Morgan fingerprint density at radius 2 is 1.64 bits per heavy atom. The van der Waals surface area contributed by atoms with Crippen LogP contribution in [0, 0.1) is 5.92 Å². The molecule has 3 heterocycles. The van der Waals surface area contributed by atoms with Crippen LogP contribution in [0.25, 0.3) is 49.5 Å². The van der Waals surface area contributed by atoms with E-state index in [2.05, 4.69) is 91.2 Å². The average molecular weight is 434 g/mol. The van der Waals surface area contributed by atoms with Crippen LogP contribution in [-0.4, -0.2) is 15.7 Å². The van der Waals surface area contributed by atoms with Crippen LogP contribution in [0.1, 0.15) is 51.4 Å². The first-order valence-corrected chi connectivity index (χ1v) is 11.7. The summed E-state index contributed by atoms with van der Waals surface area (Å²) in [7, 11) is 0. The van der Waals surface area contributed by atoms with E-state index < -0.39 is 0 Å². The van der Waals surface area contributed by atoms with Gasteiger partial charge in [0.05, 0.1) is 11.9 Å². The Bertz CT molecular complexity index is 1590. The van der Waals surface area contributed by atoms with E-state index in [1.54, 1.807) is 0 Å². The van der Waals surface area contributed by atoms with Gasteiger partial charge in [0.2, 0.25) is 0 Å². The zero-order chi connectivity index (χ0) is 22.7. The van der Waals surface area contributed by atoms with Crippen molar-refractivity contribution in [2.24, 2.45) is 10.9 Å². The first kappa shape index (κ1) is 20.0. The van der Waals surface area contributed by atoms with Crippen molar-refractivity contribution >= 4 is 44.0 Å². The molecule has 164 valence electrons. The minimum atomic E-state index is 0.378. The average Bonchev–Trinajstić information content (AvgIpc) is 3.56. The van der Waals surface area contributed by atoms with E-state index in [9.17, 15) is 0 Å². The van der Waals surface area contributed by atoms with Gasteiger partial charge in [0.1, 0.15) is 17.0 Å². The lowest BCUT2D eigenvalue weighted by Crippen LogP contribution is -2.04. The molecule has 1 N–H and O–H groups in total. The maximum Gasteiger partial charge on any atom is 0.143 e. The monoisotopic (exact) mass is 433 g/mol. The fraction of sp³-hybridized carbons (Fsp3) is 0.241. The minimum Gasteiger partial charge on any atom is -0.455 e. The third kappa shape index (κ3) is 3.29. The first-order chi connectivity index (χ1) is 16.0. The number of H-pyrrole nitrogens is 1. The van der Waals surface area contributed by atoms with Crippen molar-refractivity contribution in [3.8, 4) is 11.3 Å². The summed E-state index contributed by atoms with van der Waals surface area (Å²) in [6.07, 6.45) is 4.85.